The van der Waals surface area contributed by atoms with Crippen LogP contribution in [0.4, 0.5) is 4.39 Å². The van der Waals surface area contributed by atoms with Crippen molar-refractivity contribution in [1.82, 2.24) is 14.9 Å². The lowest BCUT2D eigenvalue weighted by molar-refractivity contribution is -0.172. The Morgan fingerprint density at radius 3 is 2.74 bits per heavy atom. The number of hydrogen-bond acceptors (Lipinski definition) is 7. The Morgan fingerprint density at radius 1 is 1.33 bits per heavy atom. The molecule has 2 N–H and O–H groups in total. The fourth-order valence-corrected chi connectivity index (χ4v) is 6.54. The zero-order valence-corrected chi connectivity index (χ0v) is 24.4. The number of aryl methyl sites for hydroxylation is 1. The van der Waals surface area contributed by atoms with E-state index in [0.717, 1.165) is 22.1 Å². The largest absolute Gasteiger partial charge is 0.458 e. The molecule has 6 rings (SSSR count). The summed E-state index contributed by atoms with van der Waals surface area (Å²) in [6.45, 7) is 12.7. The molecule has 1 aromatic carbocycles. The second kappa shape index (κ2) is 9.57. The van der Waals surface area contributed by atoms with Gasteiger partial charge >= 0.3 is 5.97 Å². The Hall–Kier alpha value is -3.89. The Balaban J connectivity index is 1.56. The van der Waals surface area contributed by atoms with Gasteiger partial charge in [0.05, 0.1) is 40.7 Å². The van der Waals surface area contributed by atoms with Crippen LogP contribution >= 0.6 is 0 Å². The number of nitrogens with zero attached hydrogens (tertiary/aromatic N) is 2. The van der Waals surface area contributed by atoms with Crippen molar-refractivity contribution >= 4 is 22.8 Å². The van der Waals surface area contributed by atoms with Crippen LogP contribution in [0.3, 0.4) is 0 Å². The molecule has 0 unspecified atom stereocenters. The monoisotopic (exact) mass is 575 g/mol. The van der Waals surface area contributed by atoms with Gasteiger partial charge in [-0.15, -0.1) is 0 Å². The summed E-state index contributed by atoms with van der Waals surface area (Å²) in [6, 6.07) is 2.55. The van der Waals surface area contributed by atoms with Crippen LogP contribution in [0.1, 0.15) is 80.0 Å². The number of pyridine rings is 2. The van der Waals surface area contributed by atoms with Gasteiger partial charge in [-0.1, -0.05) is 19.6 Å². The molecule has 4 heterocycles. The number of fused-ring (bicyclic) bond motifs is 5. The molecule has 3 atom stereocenters. The molecule has 10 heteroatoms. The van der Waals surface area contributed by atoms with Gasteiger partial charge < -0.3 is 24.5 Å². The van der Waals surface area contributed by atoms with E-state index < -0.39 is 29.3 Å². The zero-order valence-electron chi connectivity index (χ0n) is 24.4. The van der Waals surface area contributed by atoms with Gasteiger partial charge in [0.1, 0.15) is 12.4 Å². The number of aromatic nitrogens is 2. The molecule has 1 aliphatic carbocycles. The molecule has 3 aromatic rings. The molecule has 0 bridgehead atoms. The standard InChI is InChI=1S/C32H34FN3O6/c1-7-24(42-31(4,5)6)28(37)35-21-10-9-16-15(3)20(33)12-22-25(16)26(21)17-13-36-23(27(17)34-22)11-19-18(29(36)38)14-41-30(39)32(19,40)8-2/h7,11-12,21,24,40H,1,8-10,13-14H2,2-6H3,(H,35,37)/t21-,24-,32-/m0/s1. The number of carbonyl (C=O) groups excluding carboxylic acids is 2. The number of aliphatic hydroxyl groups is 1. The number of benzene rings is 1. The number of ether oxygens (including phenoxy) is 2. The van der Waals surface area contributed by atoms with Crippen LogP contribution in [0.15, 0.2) is 29.6 Å². The third-order valence-corrected chi connectivity index (χ3v) is 8.65. The van der Waals surface area contributed by atoms with Gasteiger partial charge in [0.25, 0.3) is 11.5 Å². The molecule has 1 amide bonds. The second-order valence-electron chi connectivity index (χ2n) is 12.3. The molecular formula is C32H34FN3O6. The summed E-state index contributed by atoms with van der Waals surface area (Å²) in [5, 5.41) is 15.1. The second-order valence-corrected chi connectivity index (χ2v) is 12.3. The van der Waals surface area contributed by atoms with Crippen molar-refractivity contribution in [3.8, 4) is 11.4 Å². The lowest BCUT2D eigenvalue weighted by Crippen LogP contribution is -2.44. The summed E-state index contributed by atoms with van der Waals surface area (Å²) < 4.78 is 27.8. The summed E-state index contributed by atoms with van der Waals surface area (Å²) in [7, 11) is 0. The van der Waals surface area contributed by atoms with Gasteiger partial charge in [-0.3, -0.25) is 9.59 Å². The van der Waals surface area contributed by atoms with Crippen molar-refractivity contribution in [3.05, 3.63) is 74.3 Å². The van der Waals surface area contributed by atoms with Crippen LogP contribution in [0, 0.1) is 12.7 Å². The van der Waals surface area contributed by atoms with Crippen molar-refractivity contribution < 1.29 is 28.6 Å². The van der Waals surface area contributed by atoms with Crippen molar-refractivity contribution in [2.24, 2.45) is 0 Å². The molecule has 0 saturated carbocycles. The molecule has 9 nitrogen and oxygen atoms in total. The van der Waals surface area contributed by atoms with Crippen molar-refractivity contribution in [1.29, 1.82) is 0 Å². The van der Waals surface area contributed by atoms with Gasteiger partial charge in [0, 0.05) is 22.6 Å². The van der Waals surface area contributed by atoms with Crippen molar-refractivity contribution in [3.63, 3.8) is 0 Å². The maximum absolute atomic E-state index is 15.1. The molecule has 220 valence electrons. The first kappa shape index (κ1) is 28.2. The predicted molar refractivity (Wildman–Crippen MR) is 153 cm³/mol. The number of hydrogen-bond donors (Lipinski definition) is 2. The number of carbonyl (C=O) groups is 2. The van der Waals surface area contributed by atoms with Crippen molar-refractivity contribution in [2.45, 2.75) is 90.4 Å². The van der Waals surface area contributed by atoms with Gasteiger partial charge in [0.2, 0.25) is 0 Å². The van der Waals surface area contributed by atoms with E-state index in [4.69, 9.17) is 14.5 Å². The van der Waals surface area contributed by atoms with Gasteiger partial charge in [-0.05, 0) is 69.7 Å². The van der Waals surface area contributed by atoms with Crippen LogP contribution in [0.25, 0.3) is 22.3 Å². The van der Waals surface area contributed by atoms with E-state index in [2.05, 4.69) is 11.9 Å². The highest BCUT2D eigenvalue weighted by molar-refractivity contribution is 5.94. The number of nitrogens with one attached hydrogen (secondary N) is 1. The zero-order chi connectivity index (χ0) is 30.3. The molecule has 2 aromatic heterocycles. The molecule has 3 aliphatic rings. The normalized spacial score (nSPS) is 21.3. The minimum absolute atomic E-state index is 0.0219. The van der Waals surface area contributed by atoms with Gasteiger partial charge in [-0.2, -0.15) is 0 Å². The van der Waals surface area contributed by atoms with Gasteiger partial charge in [0.15, 0.2) is 11.7 Å². The van der Waals surface area contributed by atoms with E-state index in [1.165, 1.54) is 12.1 Å². The number of halogens is 1. The summed E-state index contributed by atoms with van der Waals surface area (Å²) in [6.07, 6.45) is 1.63. The highest BCUT2D eigenvalue weighted by atomic mass is 19.1. The predicted octanol–water partition coefficient (Wildman–Crippen LogP) is 4.00. The highest BCUT2D eigenvalue weighted by Crippen LogP contribution is 2.46. The Kier molecular flexibility index (Phi) is 6.43. The van der Waals surface area contributed by atoms with E-state index in [1.54, 1.807) is 24.5 Å². The molecular weight excluding hydrogens is 541 g/mol. The summed E-state index contributed by atoms with van der Waals surface area (Å²) in [5.74, 6) is -1.54. The van der Waals surface area contributed by atoms with E-state index in [1.807, 2.05) is 20.8 Å². The summed E-state index contributed by atoms with van der Waals surface area (Å²) in [5.41, 5.74) is 1.65. The Bertz CT molecular complexity index is 1770. The van der Waals surface area contributed by atoms with Crippen LogP contribution in [-0.4, -0.2) is 38.2 Å². The Labute approximate surface area is 242 Å². The van der Waals surface area contributed by atoms with Crippen molar-refractivity contribution in [2.75, 3.05) is 0 Å². The SMILES string of the molecule is C=C[C@H](OC(C)(C)C)C(=O)N[C@H]1CCc2c(C)c(F)cc3nc4c(c1c23)Cn1c-4cc2c(c1=O)COC(=O)[C@]2(O)CC. The molecule has 0 radical (unpaired) electrons. The number of rotatable bonds is 5. The topological polar surface area (TPSA) is 120 Å². The van der Waals surface area contributed by atoms with Crippen LogP contribution in [-0.2, 0) is 44.2 Å². The average Bonchev–Trinajstić information content (AvgIpc) is 3.31. The third kappa shape index (κ3) is 4.11. The average molecular weight is 576 g/mol. The molecule has 0 saturated heterocycles. The van der Waals surface area contributed by atoms with E-state index >= 15 is 4.39 Å². The maximum atomic E-state index is 15.1. The van der Waals surface area contributed by atoms with Crippen LogP contribution in [0.5, 0.6) is 0 Å². The number of cyclic esters (lactones) is 1. The maximum Gasteiger partial charge on any atom is 0.343 e. The fraction of sp³-hybridized carbons (Fsp3) is 0.438. The smallest absolute Gasteiger partial charge is 0.343 e. The lowest BCUT2D eigenvalue weighted by Gasteiger charge is -2.32. The Morgan fingerprint density at radius 2 is 2.07 bits per heavy atom. The third-order valence-electron chi connectivity index (χ3n) is 8.65. The minimum atomic E-state index is -1.96. The van der Waals surface area contributed by atoms with Gasteiger partial charge in [-0.25, -0.2) is 14.2 Å². The van der Waals surface area contributed by atoms with Crippen LogP contribution in [0.2, 0.25) is 0 Å². The first-order chi connectivity index (χ1) is 19.8. The number of amides is 1. The quantitative estimate of drug-likeness (QED) is 0.273. The number of esters is 1. The summed E-state index contributed by atoms with van der Waals surface area (Å²) >= 11 is 0. The van der Waals surface area contributed by atoms with E-state index in [9.17, 15) is 19.5 Å². The molecule has 2 aliphatic heterocycles. The van der Waals surface area contributed by atoms with Crippen LogP contribution < -0.4 is 10.9 Å². The fourth-order valence-electron chi connectivity index (χ4n) is 6.54. The minimum Gasteiger partial charge on any atom is -0.458 e. The lowest BCUT2D eigenvalue weighted by atomic mass is 9.81. The van der Waals surface area contributed by atoms with E-state index in [0.29, 0.717) is 35.3 Å². The first-order valence-corrected chi connectivity index (χ1v) is 14.2. The summed E-state index contributed by atoms with van der Waals surface area (Å²) in [4.78, 5) is 44.6. The molecule has 42 heavy (non-hydrogen) atoms. The highest BCUT2D eigenvalue weighted by Gasteiger charge is 2.46. The molecule has 0 fully saturated rings. The van der Waals surface area contributed by atoms with E-state index in [-0.39, 0.29) is 48.0 Å². The molecule has 0 spiro atoms. The first-order valence-electron chi connectivity index (χ1n) is 14.2.